The average Bonchev–Trinajstić information content (AvgIpc) is 2.60. The topological polar surface area (TPSA) is 15.3 Å². The van der Waals surface area contributed by atoms with Crippen LogP contribution in [0.1, 0.15) is 12.8 Å². The van der Waals surface area contributed by atoms with E-state index in [1.807, 2.05) is 0 Å². The van der Waals surface area contributed by atoms with Crippen LogP contribution in [-0.2, 0) is 0 Å². The van der Waals surface area contributed by atoms with E-state index < -0.39 is 12.2 Å². The Morgan fingerprint density at radius 2 is 2.12 bits per heavy atom. The molecule has 0 spiro atoms. The summed E-state index contributed by atoms with van der Waals surface area (Å²) in [6.07, 6.45) is -2.39. The van der Waals surface area contributed by atoms with Gasteiger partial charge in [0, 0.05) is 24.9 Å². The molecule has 2 aliphatic rings. The third-order valence-electron chi connectivity index (χ3n) is 3.26. The zero-order valence-corrected chi connectivity index (χ0v) is 9.91. The fourth-order valence-corrected chi connectivity index (χ4v) is 3.66. The van der Waals surface area contributed by atoms with Crippen molar-refractivity contribution in [2.75, 3.05) is 31.1 Å². The van der Waals surface area contributed by atoms with Gasteiger partial charge in [-0.25, -0.2) is 0 Å². The van der Waals surface area contributed by atoms with Gasteiger partial charge >= 0.3 is 6.18 Å². The number of nitrogens with one attached hydrogen (secondary N) is 1. The number of hydrogen-bond donors (Lipinski definition) is 1. The van der Waals surface area contributed by atoms with Crippen LogP contribution < -0.4 is 5.32 Å². The molecular weight excluding hydrogens is 237 g/mol. The monoisotopic (exact) mass is 254 g/mol. The second-order valence-electron chi connectivity index (χ2n) is 4.37. The van der Waals surface area contributed by atoms with Gasteiger partial charge in [0.1, 0.15) is 6.04 Å². The van der Waals surface area contributed by atoms with Crippen LogP contribution in [0.2, 0.25) is 0 Å². The molecule has 0 aromatic carbocycles. The molecule has 2 unspecified atom stereocenters. The molecule has 6 heteroatoms. The van der Waals surface area contributed by atoms with Crippen LogP contribution in [0, 0.1) is 0 Å². The number of nitrogens with zero attached hydrogens (tertiary/aromatic N) is 1. The van der Waals surface area contributed by atoms with Crippen LogP contribution in [0.4, 0.5) is 13.2 Å². The molecule has 0 saturated carbocycles. The summed E-state index contributed by atoms with van der Waals surface area (Å²) in [6, 6.07) is -1.17. The predicted molar refractivity (Wildman–Crippen MR) is 59.8 cm³/mol. The summed E-state index contributed by atoms with van der Waals surface area (Å²) in [7, 11) is 0. The van der Waals surface area contributed by atoms with Crippen LogP contribution in [-0.4, -0.2) is 54.3 Å². The van der Waals surface area contributed by atoms with Crippen molar-refractivity contribution in [2.24, 2.45) is 0 Å². The van der Waals surface area contributed by atoms with E-state index in [2.05, 4.69) is 5.32 Å². The van der Waals surface area contributed by atoms with E-state index in [4.69, 9.17) is 0 Å². The first-order chi connectivity index (χ1) is 7.59. The molecule has 1 N–H and O–H groups in total. The molecule has 0 aromatic heterocycles. The second kappa shape index (κ2) is 5.14. The Balaban J connectivity index is 2.09. The number of thioether (sulfide) groups is 1. The van der Waals surface area contributed by atoms with Crippen molar-refractivity contribution in [3.8, 4) is 0 Å². The molecule has 0 amide bonds. The summed E-state index contributed by atoms with van der Waals surface area (Å²) in [6.45, 7) is 1.32. The van der Waals surface area contributed by atoms with Crippen LogP contribution in [0.25, 0.3) is 0 Å². The molecule has 2 nitrogen and oxygen atoms in total. The van der Waals surface area contributed by atoms with Crippen molar-refractivity contribution >= 4 is 11.8 Å². The first kappa shape index (κ1) is 12.5. The highest BCUT2D eigenvalue weighted by Crippen LogP contribution is 2.31. The van der Waals surface area contributed by atoms with Crippen molar-refractivity contribution in [3.05, 3.63) is 0 Å². The zero-order valence-electron chi connectivity index (χ0n) is 9.09. The Labute approximate surface area is 97.9 Å². The Morgan fingerprint density at radius 3 is 2.75 bits per heavy atom. The molecule has 0 aliphatic carbocycles. The summed E-state index contributed by atoms with van der Waals surface area (Å²) in [5.41, 5.74) is 0. The van der Waals surface area contributed by atoms with Gasteiger partial charge < -0.3 is 5.32 Å². The predicted octanol–water partition coefficient (Wildman–Crippen LogP) is 1.72. The highest BCUT2D eigenvalue weighted by atomic mass is 32.2. The van der Waals surface area contributed by atoms with Gasteiger partial charge in [-0.1, -0.05) is 0 Å². The molecule has 0 bridgehead atoms. The summed E-state index contributed by atoms with van der Waals surface area (Å²) < 4.78 is 38.8. The van der Waals surface area contributed by atoms with Gasteiger partial charge in [0.2, 0.25) is 0 Å². The quantitative estimate of drug-likeness (QED) is 0.767. The maximum absolute atomic E-state index is 12.9. The van der Waals surface area contributed by atoms with E-state index in [9.17, 15) is 13.2 Å². The summed E-state index contributed by atoms with van der Waals surface area (Å²) in [4.78, 5) is 1.68. The van der Waals surface area contributed by atoms with E-state index in [-0.39, 0.29) is 12.6 Å². The Morgan fingerprint density at radius 1 is 1.31 bits per heavy atom. The number of alkyl halides is 3. The maximum Gasteiger partial charge on any atom is 0.405 e. The number of hydrogen-bond acceptors (Lipinski definition) is 3. The largest absolute Gasteiger partial charge is 0.405 e. The van der Waals surface area contributed by atoms with E-state index in [1.54, 1.807) is 16.7 Å². The van der Waals surface area contributed by atoms with Crippen molar-refractivity contribution in [1.29, 1.82) is 0 Å². The van der Waals surface area contributed by atoms with Gasteiger partial charge in [0.05, 0.1) is 0 Å². The highest BCUT2D eigenvalue weighted by molar-refractivity contribution is 7.99. The molecule has 0 aromatic rings. The van der Waals surface area contributed by atoms with Crippen LogP contribution in [0.3, 0.4) is 0 Å². The van der Waals surface area contributed by atoms with Gasteiger partial charge in [-0.3, -0.25) is 4.90 Å². The lowest BCUT2D eigenvalue weighted by Gasteiger charge is -2.35. The fourth-order valence-electron chi connectivity index (χ4n) is 2.42. The van der Waals surface area contributed by atoms with Gasteiger partial charge in [0.15, 0.2) is 0 Å². The van der Waals surface area contributed by atoms with Crippen molar-refractivity contribution in [1.82, 2.24) is 10.2 Å². The average molecular weight is 254 g/mol. The molecule has 16 heavy (non-hydrogen) atoms. The van der Waals surface area contributed by atoms with Gasteiger partial charge in [0.25, 0.3) is 0 Å². The van der Waals surface area contributed by atoms with Crippen LogP contribution in [0.5, 0.6) is 0 Å². The maximum atomic E-state index is 12.9. The van der Waals surface area contributed by atoms with Gasteiger partial charge in [-0.15, -0.1) is 0 Å². The van der Waals surface area contributed by atoms with Crippen molar-refractivity contribution in [2.45, 2.75) is 31.1 Å². The second-order valence-corrected chi connectivity index (χ2v) is 5.52. The standard InChI is InChI=1S/C10H17F3N2S/c11-10(12,13)9-6-14-3-1-4-15(9)8-2-5-16-7-8/h8-9,14H,1-7H2. The van der Waals surface area contributed by atoms with Gasteiger partial charge in [-0.05, 0) is 25.1 Å². The SMILES string of the molecule is FC(F)(F)C1CNCCCN1C1CCSC1. The van der Waals surface area contributed by atoms with Crippen LogP contribution in [0.15, 0.2) is 0 Å². The third kappa shape index (κ3) is 2.84. The zero-order chi connectivity index (χ0) is 11.6. The third-order valence-corrected chi connectivity index (χ3v) is 4.41. The molecule has 94 valence electrons. The highest BCUT2D eigenvalue weighted by Gasteiger charge is 2.46. The summed E-state index contributed by atoms with van der Waals surface area (Å²) in [5.74, 6) is 1.85. The molecule has 2 aliphatic heterocycles. The Hall–Kier alpha value is 0.0600. The summed E-state index contributed by atoms with van der Waals surface area (Å²) >= 11 is 1.77. The smallest absolute Gasteiger partial charge is 0.315 e. The normalized spacial score (nSPS) is 33.9. The lowest BCUT2D eigenvalue weighted by Crippen LogP contribution is -2.53. The van der Waals surface area contributed by atoms with Gasteiger partial charge in [-0.2, -0.15) is 24.9 Å². The molecule has 2 rings (SSSR count). The van der Waals surface area contributed by atoms with Crippen molar-refractivity contribution < 1.29 is 13.2 Å². The fraction of sp³-hybridized carbons (Fsp3) is 1.00. The number of halogens is 3. The minimum absolute atomic E-state index is 0.0463. The molecule has 2 atom stereocenters. The lowest BCUT2D eigenvalue weighted by molar-refractivity contribution is -0.185. The molecule has 0 radical (unpaired) electrons. The van der Waals surface area contributed by atoms with Crippen LogP contribution >= 0.6 is 11.8 Å². The Kier molecular flexibility index (Phi) is 4.02. The minimum Gasteiger partial charge on any atom is -0.315 e. The van der Waals surface area contributed by atoms with E-state index >= 15 is 0 Å². The lowest BCUT2D eigenvalue weighted by atomic mass is 10.1. The van der Waals surface area contributed by atoms with E-state index in [0.29, 0.717) is 13.1 Å². The number of rotatable bonds is 1. The van der Waals surface area contributed by atoms with E-state index in [0.717, 1.165) is 24.3 Å². The van der Waals surface area contributed by atoms with Crippen molar-refractivity contribution in [3.63, 3.8) is 0 Å². The summed E-state index contributed by atoms with van der Waals surface area (Å²) in [5, 5.41) is 2.89. The Bertz CT molecular complexity index is 229. The molecular formula is C10H17F3N2S. The van der Waals surface area contributed by atoms with E-state index in [1.165, 1.54) is 0 Å². The first-order valence-corrected chi connectivity index (χ1v) is 6.85. The first-order valence-electron chi connectivity index (χ1n) is 5.70. The molecule has 2 fully saturated rings. The minimum atomic E-state index is -4.11. The molecule has 2 saturated heterocycles. The molecule has 2 heterocycles.